The number of rotatable bonds is 18. The van der Waals surface area contributed by atoms with Gasteiger partial charge in [0.1, 0.15) is 125 Å². The molecule has 654 valence electrons. The van der Waals surface area contributed by atoms with Crippen LogP contribution in [0.3, 0.4) is 0 Å². The number of amides is 7. The Morgan fingerprint density at radius 3 is 1.89 bits per heavy atom. The van der Waals surface area contributed by atoms with Crippen molar-refractivity contribution < 1.29 is 142 Å². The molecule has 0 aliphatic carbocycles. The number of carboxylic acids is 1. The number of aliphatic hydroxyl groups excluding tert-OH is 7. The van der Waals surface area contributed by atoms with Crippen LogP contribution in [0.1, 0.15) is 140 Å². The average molecular weight is 1750 g/mol. The van der Waals surface area contributed by atoms with Crippen LogP contribution in [0.5, 0.6) is 69.0 Å². The molecule has 8 aliphatic heterocycles. The van der Waals surface area contributed by atoms with Gasteiger partial charge in [-0.15, -0.1) is 0 Å². The molecule has 8 aliphatic rings. The molecule has 37 nitrogen and oxygen atoms in total. The first-order chi connectivity index (χ1) is 58.7. The van der Waals surface area contributed by atoms with Gasteiger partial charge in [0.05, 0.1) is 23.8 Å². The average Bonchev–Trinajstić information content (AvgIpc) is 0.759. The van der Waals surface area contributed by atoms with Crippen LogP contribution in [0.2, 0.25) is 10.0 Å². The van der Waals surface area contributed by atoms with Crippen molar-refractivity contribution in [3.8, 4) is 80.1 Å². The minimum absolute atomic E-state index is 0.127. The fourth-order valence-electron chi connectivity index (χ4n) is 15.3. The minimum atomic E-state index is -2.45. The van der Waals surface area contributed by atoms with E-state index < -0.39 is 271 Å². The highest BCUT2D eigenvalue weighted by atomic mass is 35.5. The number of benzene rings is 7. The molecule has 2 saturated heterocycles. The molecular weight excluding hydrogens is 1660 g/mol. The van der Waals surface area contributed by atoms with Gasteiger partial charge in [-0.1, -0.05) is 106 Å². The molecule has 0 aromatic heterocycles. The van der Waals surface area contributed by atoms with Gasteiger partial charge in [0.2, 0.25) is 59.7 Å². The second-order valence-corrected chi connectivity index (χ2v) is 31.6. The lowest BCUT2D eigenvalue weighted by molar-refractivity contribution is -0.277. The van der Waals surface area contributed by atoms with Gasteiger partial charge >= 0.3 is 11.9 Å². The number of carbonyl (C=O) groups excluding carboxylic acids is 8. The van der Waals surface area contributed by atoms with Crippen LogP contribution in [0.4, 0.5) is 0 Å². The van der Waals surface area contributed by atoms with Crippen LogP contribution in [-0.2, 0) is 63.8 Å². The number of likely N-dealkylation sites (N-methyl/N-ethyl adjacent to an activating group) is 1. The molecule has 17 bridgehead atoms. The Hall–Kier alpha value is -11.9. The summed E-state index contributed by atoms with van der Waals surface area (Å²) in [6.45, 7) is 3.28. The molecule has 7 aromatic carbocycles. The topological polar surface area (TPSA) is 566 Å². The van der Waals surface area contributed by atoms with E-state index in [0.29, 0.717) is 24.3 Å². The number of unbranched alkanes of at least 4 members (excludes halogenated alkanes) is 5. The van der Waals surface area contributed by atoms with E-state index in [1.165, 1.54) is 49.5 Å². The number of nitrogens with one attached hydrogen (secondary N) is 8. The number of phenols is 4. The number of halogens is 2. The Kier molecular flexibility index (Phi) is 27.4. The number of hydrogen-bond donors (Lipinski definition) is 20. The van der Waals surface area contributed by atoms with E-state index in [0.717, 1.165) is 112 Å². The molecule has 0 saturated carbocycles. The Labute approximate surface area is 710 Å². The predicted octanol–water partition coefficient (Wildman–Crippen LogP) is 4.27. The first-order valence-electron chi connectivity index (χ1n) is 39.3. The van der Waals surface area contributed by atoms with Crippen molar-refractivity contribution in [2.24, 2.45) is 5.92 Å². The highest BCUT2D eigenvalue weighted by molar-refractivity contribution is 6.33. The lowest BCUT2D eigenvalue weighted by Gasteiger charge is -2.41. The Morgan fingerprint density at radius 1 is 0.553 bits per heavy atom. The highest BCUT2D eigenvalue weighted by Gasteiger charge is 2.52. The molecule has 0 spiro atoms. The molecule has 8 heterocycles. The third-order valence-electron chi connectivity index (χ3n) is 21.8. The fourth-order valence-corrected chi connectivity index (χ4v) is 15.7. The quantitative estimate of drug-likeness (QED) is 0.0421. The summed E-state index contributed by atoms with van der Waals surface area (Å²) < 4.78 is 49.4. The van der Waals surface area contributed by atoms with Gasteiger partial charge in [-0.3, -0.25) is 33.6 Å². The van der Waals surface area contributed by atoms with Crippen molar-refractivity contribution >= 4 is 76.5 Å². The minimum Gasteiger partial charge on any atom is -0.508 e. The Morgan fingerprint density at radius 2 is 1.20 bits per heavy atom. The number of hydrogen-bond acceptors (Lipinski definition) is 29. The number of carbonyl (C=O) groups is 9. The molecule has 18 atom stereocenters. The number of ether oxygens (including phenoxy) is 8. The van der Waals surface area contributed by atoms with Gasteiger partial charge in [0.25, 0.3) is 0 Å². The van der Waals surface area contributed by atoms with Gasteiger partial charge in [0.15, 0.2) is 35.1 Å². The number of aromatic hydroxyl groups is 4. The second kappa shape index (κ2) is 37.9. The predicted molar refractivity (Wildman–Crippen MR) is 428 cm³/mol. The van der Waals surface area contributed by atoms with E-state index in [-0.39, 0.29) is 34.8 Å². The first kappa shape index (κ1) is 88.9. The smallest absolute Gasteiger partial charge is 0.337 e. The van der Waals surface area contributed by atoms with E-state index in [1.54, 1.807) is 0 Å². The standard InChI is InChI=1S/C84H90Cl2N8O29/c1-34(2)11-9-7-5-6-8-10-12-57(100)89-66-69(103)71(105)74(82(115)116-4)123-83(66)122-73-54-27-39-28-55(73)119-51-22-17-38(25-46(51)85)67(101)65-80(112)93-64(81(113)114)44-29-40(96)30-53(120-84-72(106)70(104)68(102)56(33-95)121-84)58(44)43-24-36(15-20-48(43)97)61(77(109)94-65)90-78(110)62(39)91-79(111)63-45-31-42(32-50(99)59(45)86)118-52-26-37(16-21-49(52)98)60(87-3)76(108)88-47(75(107)92-63)23-35-13-18-41(117-54)19-14-35/h13-22,24-32,34,47,56,60-72,74,83-84,87,95-99,101-106H,5-12,23,33H2,1-4H3,(H,88,108)(H,89,100)(H,90,110)(H,91,111)(H,92,107)(H,93,112)(H,94,109)(H,113,114)/t47?,56-,60?,61?,62?,63?,64?,65?,66-,67?,68-,69-,70+,71+,72+,74+,83-,84+/m1/s1. The maximum Gasteiger partial charge on any atom is 0.337 e. The number of methoxy groups -OCH3 is 1. The van der Waals surface area contributed by atoms with Gasteiger partial charge in [-0.05, 0) is 120 Å². The van der Waals surface area contributed by atoms with Crippen LogP contribution >= 0.6 is 23.2 Å². The first-order valence-corrected chi connectivity index (χ1v) is 40.1. The number of fused-ring (bicyclic) bond motifs is 14. The molecule has 7 amide bonds. The third-order valence-corrected chi connectivity index (χ3v) is 22.5. The molecule has 2 fully saturated rings. The summed E-state index contributed by atoms with van der Waals surface area (Å²) in [5, 5.41) is 157. The monoisotopic (exact) mass is 1740 g/mol. The zero-order valence-electron chi connectivity index (χ0n) is 66.1. The summed E-state index contributed by atoms with van der Waals surface area (Å²) in [4.78, 5) is 137. The molecule has 15 rings (SSSR count). The van der Waals surface area contributed by atoms with Crippen LogP contribution in [0.25, 0.3) is 11.1 Å². The molecule has 20 N–H and O–H groups in total. The van der Waals surface area contributed by atoms with Crippen LogP contribution < -0.4 is 66.2 Å². The van der Waals surface area contributed by atoms with E-state index >= 15 is 24.0 Å². The number of aliphatic carboxylic acids is 1. The van der Waals surface area contributed by atoms with Crippen LogP contribution in [-0.4, -0.2) is 209 Å². The largest absolute Gasteiger partial charge is 0.508 e. The maximum absolute atomic E-state index is 16.7. The summed E-state index contributed by atoms with van der Waals surface area (Å²) in [5.41, 5.74) is -3.19. The van der Waals surface area contributed by atoms with Gasteiger partial charge in [-0.25, -0.2) is 9.59 Å². The van der Waals surface area contributed by atoms with Gasteiger partial charge in [0, 0.05) is 47.2 Å². The van der Waals surface area contributed by atoms with E-state index in [1.807, 2.05) is 0 Å². The molecule has 39 heteroatoms. The zero-order valence-corrected chi connectivity index (χ0v) is 67.6. The Bertz CT molecular complexity index is 5220. The number of esters is 1. The third kappa shape index (κ3) is 19.3. The summed E-state index contributed by atoms with van der Waals surface area (Å²) in [6, 6.07) is 4.80. The highest BCUT2D eigenvalue weighted by Crippen LogP contribution is 2.50. The van der Waals surface area contributed by atoms with Gasteiger partial charge < -0.3 is 142 Å². The number of carboxylic acid groups (broad SMARTS) is 1. The fraction of sp³-hybridized carbons (Fsp3) is 0.393. The summed E-state index contributed by atoms with van der Waals surface area (Å²) in [7, 11) is 2.38. The maximum atomic E-state index is 16.7. The van der Waals surface area contributed by atoms with Crippen molar-refractivity contribution in [1.82, 2.24) is 42.5 Å². The molecule has 123 heavy (non-hydrogen) atoms. The van der Waals surface area contributed by atoms with E-state index in [2.05, 4.69) is 56.4 Å². The summed E-state index contributed by atoms with van der Waals surface area (Å²) in [5.74, 6) is -18.1. The van der Waals surface area contributed by atoms with Crippen molar-refractivity contribution in [1.29, 1.82) is 0 Å². The molecule has 0 radical (unpaired) electrons. The second-order valence-electron chi connectivity index (χ2n) is 30.8. The molecule has 7 aromatic rings. The van der Waals surface area contributed by atoms with Crippen molar-refractivity contribution in [3.63, 3.8) is 0 Å². The van der Waals surface area contributed by atoms with Crippen LogP contribution in [0, 0.1) is 5.92 Å². The van der Waals surface area contributed by atoms with Crippen molar-refractivity contribution in [2.75, 3.05) is 20.8 Å². The normalized spacial score (nSPS) is 26.4. The summed E-state index contributed by atoms with van der Waals surface area (Å²) >= 11 is 14.2. The lowest BCUT2D eigenvalue weighted by atomic mass is 9.89. The number of phenolic OH excluding ortho intramolecular Hbond substituents is 4. The zero-order chi connectivity index (χ0) is 88.3. The molecular formula is C84H90Cl2N8O29. The van der Waals surface area contributed by atoms with Crippen molar-refractivity contribution in [3.05, 3.63) is 164 Å². The number of aliphatic hydroxyl groups is 7. The SMILES string of the molecule is CNC1C(=O)NC2Cc3ccc(cc3)Oc3cc4cc(c3O[C@@H]3O[C@H](C(=O)OC)[C@@H](O)[C@H](O)[C@H]3NC(=O)CCCCCCCCC(C)C)Oc3ccc(cc3Cl)C(O)C3NC(=O)C(NC(=O)C4NC(=O)C(NC2=O)c2cc(cc(O)c2Cl)Oc2cc1ccc2O)c1ccc(O)c(c1)-c1c(O[C@H]2O[C@H](CO)[C@@H](O)[C@H](O)[C@@H]2O)cc(O)cc1C(C(=O)O)NC3=O. The lowest BCUT2D eigenvalue weighted by Crippen LogP contribution is -2.66. The summed E-state index contributed by atoms with van der Waals surface area (Å²) in [6.07, 6.45) is -15.7. The Balaban J connectivity index is 1.04. The molecule has 8 unspecified atom stereocenters. The van der Waals surface area contributed by atoms with E-state index in [4.69, 9.17) is 61.1 Å². The van der Waals surface area contributed by atoms with Crippen LogP contribution in [0.15, 0.2) is 115 Å². The van der Waals surface area contributed by atoms with E-state index in [9.17, 15) is 80.5 Å². The van der Waals surface area contributed by atoms with Gasteiger partial charge in [-0.2, -0.15) is 0 Å². The van der Waals surface area contributed by atoms with Crippen molar-refractivity contribution in [2.45, 2.75) is 181 Å².